The second-order valence-electron chi connectivity index (χ2n) is 5.89. The summed E-state index contributed by atoms with van der Waals surface area (Å²) in [6.45, 7) is 5.78. The van der Waals surface area contributed by atoms with Crippen LogP contribution in [-0.2, 0) is 9.59 Å². The number of carboxylic acids is 1. The maximum Gasteiger partial charge on any atom is 0.305 e. The van der Waals surface area contributed by atoms with Crippen LogP contribution in [0.2, 0.25) is 0 Å². The van der Waals surface area contributed by atoms with Gasteiger partial charge in [-0.3, -0.25) is 14.5 Å². The molecule has 20 heavy (non-hydrogen) atoms. The predicted molar refractivity (Wildman–Crippen MR) is 73.9 cm³/mol. The molecule has 1 aliphatic heterocycles. The van der Waals surface area contributed by atoms with Gasteiger partial charge in [-0.05, 0) is 33.2 Å². The van der Waals surface area contributed by atoms with Gasteiger partial charge in [-0.1, -0.05) is 6.42 Å². The number of carbonyl (C=O) groups excluding carboxylic acids is 1. The molecular weight excluding hydrogens is 258 g/mol. The maximum atomic E-state index is 11.7. The number of nitrogens with one attached hydrogen (secondary N) is 1. The Hall–Kier alpha value is -1.61. The standard InChI is InChI=1S/C14H23N3O3/c1-14(2,10-15)5-3-4-7-17-8-6-16-13(20)11(17)9-12(18)19/h11H,3-9H2,1-2H3,(H,16,20)(H,18,19). The first-order valence-electron chi connectivity index (χ1n) is 7.00. The number of aliphatic carboxylic acids is 1. The summed E-state index contributed by atoms with van der Waals surface area (Å²) >= 11 is 0. The van der Waals surface area contributed by atoms with Crippen molar-refractivity contribution in [3.8, 4) is 6.07 Å². The molecular formula is C14H23N3O3. The first-order chi connectivity index (χ1) is 9.35. The zero-order valence-corrected chi connectivity index (χ0v) is 12.2. The van der Waals surface area contributed by atoms with E-state index in [4.69, 9.17) is 10.4 Å². The molecule has 1 heterocycles. The second kappa shape index (κ2) is 7.25. The van der Waals surface area contributed by atoms with E-state index in [1.54, 1.807) is 0 Å². The van der Waals surface area contributed by atoms with Crippen LogP contribution in [0.25, 0.3) is 0 Å². The summed E-state index contributed by atoms with van der Waals surface area (Å²) in [5.74, 6) is -1.15. The topological polar surface area (TPSA) is 93.4 Å². The third-order valence-corrected chi connectivity index (χ3v) is 3.61. The summed E-state index contributed by atoms with van der Waals surface area (Å²) < 4.78 is 0. The summed E-state index contributed by atoms with van der Waals surface area (Å²) in [5, 5.41) is 20.5. The van der Waals surface area contributed by atoms with Crippen molar-refractivity contribution in [3.05, 3.63) is 0 Å². The van der Waals surface area contributed by atoms with E-state index in [1.165, 1.54) is 0 Å². The van der Waals surface area contributed by atoms with Crippen LogP contribution in [0.5, 0.6) is 0 Å². The summed E-state index contributed by atoms with van der Waals surface area (Å²) in [6.07, 6.45) is 2.43. The highest BCUT2D eigenvalue weighted by Crippen LogP contribution is 2.22. The van der Waals surface area contributed by atoms with E-state index in [1.807, 2.05) is 18.7 Å². The molecule has 1 atom stereocenters. The van der Waals surface area contributed by atoms with Gasteiger partial charge in [0, 0.05) is 13.1 Å². The zero-order chi connectivity index (χ0) is 15.2. The molecule has 6 nitrogen and oxygen atoms in total. The minimum atomic E-state index is -0.956. The Kier molecular flexibility index (Phi) is 5.96. The first-order valence-corrected chi connectivity index (χ1v) is 7.00. The molecule has 6 heteroatoms. The van der Waals surface area contributed by atoms with Gasteiger partial charge in [-0.15, -0.1) is 0 Å². The molecule has 1 unspecified atom stereocenters. The molecule has 1 aliphatic rings. The lowest BCUT2D eigenvalue weighted by Crippen LogP contribution is -2.56. The Balaban J connectivity index is 2.42. The fraction of sp³-hybridized carbons (Fsp3) is 0.786. The summed E-state index contributed by atoms with van der Waals surface area (Å²) in [5.41, 5.74) is -0.320. The number of hydrogen-bond acceptors (Lipinski definition) is 4. The Morgan fingerprint density at radius 2 is 2.25 bits per heavy atom. The number of nitriles is 1. The van der Waals surface area contributed by atoms with Crippen LogP contribution in [0, 0.1) is 16.7 Å². The molecule has 0 aromatic heterocycles. The first kappa shape index (κ1) is 16.4. The van der Waals surface area contributed by atoms with E-state index in [-0.39, 0.29) is 17.7 Å². The lowest BCUT2D eigenvalue weighted by atomic mass is 9.89. The molecule has 0 aromatic carbocycles. The maximum absolute atomic E-state index is 11.7. The van der Waals surface area contributed by atoms with Gasteiger partial charge < -0.3 is 10.4 Å². The third kappa shape index (κ3) is 5.17. The molecule has 112 valence electrons. The predicted octanol–water partition coefficient (Wildman–Crippen LogP) is 0.982. The average Bonchev–Trinajstić information content (AvgIpc) is 2.38. The van der Waals surface area contributed by atoms with Crippen molar-refractivity contribution in [3.63, 3.8) is 0 Å². The number of amides is 1. The fourth-order valence-electron chi connectivity index (χ4n) is 2.35. The largest absolute Gasteiger partial charge is 0.481 e. The van der Waals surface area contributed by atoms with Crippen LogP contribution < -0.4 is 5.32 Å². The number of hydrogen-bond donors (Lipinski definition) is 2. The number of unbranched alkanes of at least 4 members (excludes halogenated alkanes) is 1. The van der Waals surface area contributed by atoms with E-state index >= 15 is 0 Å². The number of rotatable bonds is 7. The van der Waals surface area contributed by atoms with E-state index < -0.39 is 12.0 Å². The summed E-state index contributed by atoms with van der Waals surface area (Å²) in [6, 6.07) is 1.70. The van der Waals surface area contributed by atoms with Crippen molar-refractivity contribution >= 4 is 11.9 Å². The SMILES string of the molecule is CC(C)(C#N)CCCCN1CCNC(=O)C1CC(=O)O. The van der Waals surface area contributed by atoms with Crippen LogP contribution in [0.1, 0.15) is 39.5 Å². The second-order valence-corrected chi connectivity index (χ2v) is 5.89. The van der Waals surface area contributed by atoms with E-state index in [2.05, 4.69) is 11.4 Å². The van der Waals surface area contributed by atoms with Crippen molar-refractivity contribution in [1.29, 1.82) is 5.26 Å². The van der Waals surface area contributed by atoms with Gasteiger partial charge in [0.05, 0.1) is 23.9 Å². The highest BCUT2D eigenvalue weighted by molar-refractivity contribution is 5.86. The highest BCUT2D eigenvalue weighted by atomic mass is 16.4. The Morgan fingerprint density at radius 1 is 1.55 bits per heavy atom. The molecule has 0 saturated carbocycles. The molecule has 1 fully saturated rings. The molecule has 0 aliphatic carbocycles. The number of piperazine rings is 1. The Morgan fingerprint density at radius 3 is 2.85 bits per heavy atom. The molecule has 1 saturated heterocycles. The minimum absolute atomic E-state index is 0.157. The number of carboxylic acid groups (broad SMARTS) is 1. The fourth-order valence-corrected chi connectivity index (χ4v) is 2.35. The average molecular weight is 281 g/mol. The van der Waals surface area contributed by atoms with Crippen molar-refractivity contribution in [2.24, 2.45) is 5.41 Å². The van der Waals surface area contributed by atoms with Crippen LogP contribution in [0.15, 0.2) is 0 Å². The smallest absolute Gasteiger partial charge is 0.305 e. The van der Waals surface area contributed by atoms with Crippen molar-refractivity contribution < 1.29 is 14.7 Å². The monoisotopic (exact) mass is 281 g/mol. The number of nitrogens with zero attached hydrogens (tertiary/aromatic N) is 2. The van der Waals surface area contributed by atoms with Crippen LogP contribution in [0.4, 0.5) is 0 Å². The quantitative estimate of drug-likeness (QED) is 0.678. The molecule has 0 bridgehead atoms. The van der Waals surface area contributed by atoms with Crippen molar-refractivity contribution in [2.75, 3.05) is 19.6 Å². The lowest BCUT2D eigenvalue weighted by Gasteiger charge is -2.34. The molecule has 0 radical (unpaired) electrons. The van der Waals surface area contributed by atoms with Crippen LogP contribution >= 0.6 is 0 Å². The van der Waals surface area contributed by atoms with Gasteiger partial charge in [0.15, 0.2) is 0 Å². The molecule has 1 rings (SSSR count). The Labute approximate surface area is 119 Å². The van der Waals surface area contributed by atoms with Crippen LogP contribution in [0.3, 0.4) is 0 Å². The molecule has 2 N–H and O–H groups in total. The summed E-state index contributed by atoms with van der Waals surface area (Å²) in [7, 11) is 0. The molecule has 0 spiro atoms. The Bertz CT molecular complexity index is 401. The van der Waals surface area contributed by atoms with Gasteiger partial charge in [-0.25, -0.2) is 0 Å². The minimum Gasteiger partial charge on any atom is -0.481 e. The van der Waals surface area contributed by atoms with E-state index in [0.717, 1.165) is 19.3 Å². The lowest BCUT2D eigenvalue weighted by molar-refractivity contribution is -0.143. The van der Waals surface area contributed by atoms with Gasteiger partial charge in [-0.2, -0.15) is 5.26 Å². The van der Waals surface area contributed by atoms with Gasteiger partial charge in [0.1, 0.15) is 0 Å². The van der Waals surface area contributed by atoms with Crippen molar-refractivity contribution in [1.82, 2.24) is 10.2 Å². The van der Waals surface area contributed by atoms with Gasteiger partial charge in [0.25, 0.3) is 0 Å². The van der Waals surface area contributed by atoms with E-state index in [0.29, 0.717) is 19.6 Å². The third-order valence-electron chi connectivity index (χ3n) is 3.61. The van der Waals surface area contributed by atoms with Crippen LogP contribution in [-0.4, -0.2) is 47.6 Å². The van der Waals surface area contributed by atoms with Gasteiger partial charge >= 0.3 is 5.97 Å². The van der Waals surface area contributed by atoms with Crippen molar-refractivity contribution in [2.45, 2.75) is 45.6 Å². The summed E-state index contributed by atoms with van der Waals surface area (Å²) in [4.78, 5) is 24.5. The highest BCUT2D eigenvalue weighted by Gasteiger charge is 2.31. The van der Waals surface area contributed by atoms with E-state index in [9.17, 15) is 9.59 Å². The molecule has 1 amide bonds. The normalized spacial score (nSPS) is 20.2. The molecule has 0 aromatic rings. The van der Waals surface area contributed by atoms with Gasteiger partial charge in [0.2, 0.25) is 5.91 Å². The number of carbonyl (C=O) groups is 2. The zero-order valence-electron chi connectivity index (χ0n) is 12.2.